The van der Waals surface area contributed by atoms with Gasteiger partial charge in [0.15, 0.2) is 23.0 Å². The van der Waals surface area contributed by atoms with Gasteiger partial charge in [-0.15, -0.1) is 0 Å². The summed E-state index contributed by atoms with van der Waals surface area (Å²) in [7, 11) is 13.9. The summed E-state index contributed by atoms with van der Waals surface area (Å²) >= 11 is 0. The lowest BCUT2D eigenvalue weighted by Gasteiger charge is -2.34. The maximum Gasteiger partial charge on any atom is 0.312 e. The molecule has 0 spiro atoms. The summed E-state index contributed by atoms with van der Waals surface area (Å²) in [6.45, 7) is 0. The number of rotatable bonds is 13. The molecule has 3 rings (SSSR count). The molecule has 210 valence electrons. The summed E-state index contributed by atoms with van der Waals surface area (Å²) in [5.41, 5.74) is 3.13. The Morgan fingerprint density at radius 2 is 0.872 bits per heavy atom. The Kier molecular flexibility index (Phi) is 10.1. The average molecular weight is 541 g/mol. The fourth-order valence-corrected chi connectivity index (χ4v) is 4.65. The summed E-state index contributed by atoms with van der Waals surface area (Å²) in [6, 6.07) is 16.9. The highest BCUT2D eigenvalue weighted by Crippen LogP contribution is 2.52. The van der Waals surface area contributed by atoms with Gasteiger partial charge in [-0.1, -0.05) is 30.3 Å². The molecule has 3 aromatic carbocycles. The van der Waals surface area contributed by atoms with Crippen LogP contribution in [0.15, 0.2) is 54.6 Å². The van der Waals surface area contributed by atoms with Crippen LogP contribution in [-0.2, 0) is 14.2 Å². The fourth-order valence-electron chi connectivity index (χ4n) is 4.65. The van der Waals surface area contributed by atoms with Gasteiger partial charge in [-0.2, -0.15) is 0 Å². The molecule has 0 saturated heterocycles. The van der Waals surface area contributed by atoms with E-state index in [-0.39, 0.29) is 0 Å². The monoisotopic (exact) mass is 540 g/mol. The molecule has 3 aromatic rings. The molecule has 0 saturated carbocycles. The van der Waals surface area contributed by atoms with Crippen LogP contribution in [0.1, 0.15) is 16.7 Å². The summed E-state index contributed by atoms with van der Waals surface area (Å²) in [5.74, 6) is 0.972. The normalized spacial score (nSPS) is 11.0. The van der Waals surface area contributed by atoms with Crippen molar-refractivity contribution in [3.63, 3.8) is 0 Å². The predicted octanol–water partition coefficient (Wildman–Crippen LogP) is 5.29. The van der Waals surface area contributed by atoms with Crippen LogP contribution in [0.3, 0.4) is 0 Å². The number of ether oxygens (including phenoxy) is 9. The van der Waals surface area contributed by atoms with Crippen molar-refractivity contribution in [1.29, 1.82) is 0 Å². The maximum atomic E-state index is 5.93. The van der Waals surface area contributed by atoms with Gasteiger partial charge in [0.05, 0.1) is 48.2 Å². The third kappa shape index (κ3) is 5.34. The molecular weight excluding hydrogens is 504 g/mol. The second-order valence-electron chi connectivity index (χ2n) is 8.05. The smallest absolute Gasteiger partial charge is 0.312 e. The van der Waals surface area contributed by atoms with Gasteiger partial charge < -0.3 is 42.6 Å². The van der Waals surface area contributed by atoms with Crippen molar-refractivity contribution in [2.24, 2.45) is 0 Å². The minimum absolute atomic E-state index is 0.403. The Labute approximate surface area is 229 Å². The van der Waals surface area contributed by atoms with E-state index in [1.165, 1.54) is 21.3 Å². The summed E-state index contributed by atoms with van der Waals surface area (Å²) in [4.78, 5) is 0. The molecule has 0 bridgehead atoms. The number of hydrogen-bond acceptors (Lipinski definition) is 9. The minimum Gasteiger partial charge on any atom is -0.493 e. The molecule has 0 aromatic heterocycles. The molecule has 39 heavy (non-hydrogen) atoms. The number of methoxy groups -OCH3 is 9. The van der Waals surface area contributed by atoms with Crippen molar-refractivity contribution in [3.8, 4) is 34.5 Å². The van der Waals surface area contributed by atoms with E-state index in [1.54, 1.807) is 54.8 Å². The summed E-state index contributed by atoms with van der Waals surface area (Å²) in [5, 5.41) is 0. The van der Waals surface area contributed by atoms with Crippen molar-refractivity contribution in [2.75, 3.05) is 64.0 Å². The van der Waals surface area contributed by atoms with E-state index in [1.807, 2.05) is 42.5 Å². The first-order valence-corrected chi connectivity index (χ1v) is 12.0. The van der Waals surface area contributed by atoms with Crippen LogP contribution in [0, 0.1) is 0 Å². The second kappa shape index (κ2) is 13.2. The zero-order valence-corrected chi connectivity index (χ0v) is 23.9. The van der Waals surface area contributed by atoms with E-state index in [0.717, 1.165) is 5.56 Å². The molecule has 9 nitrogen and oxygen atoms in total. The highest BCUT2D eigenvalue weighted by molar-refractivity contribution is 6.04. The topological polar surface area (TPSA) is 83.1 Å². The Morgan fingerprint density at radius 1 is 0.462 bits per heavy atom. The summed E-state index contributed by atoms with van der Waals surface area (Å²) < 4.78 is 52.2. The van der Waals surface area contributed by atoms with Crippen molar-refractivity contribution in [3.05, 3.63) is 71.3 Å². The zero-order chi connectivity index (χ0) is 28.6. The van der Waals surface area contributed by atoms with Crippen LogP contribution in [0.4, 0.5) is 0 Å². The van der Waals surface area contributed by atoms with E-state index < -0.39 is 5.97 Å². The molecular formula is C30H36O9. The van der Waals surface area contributed by atoms with Crippen LogP contribution in [0.5, 0.6) is 34.5 Å². The van der Waals surface area contributed by atoms with Gasteiger partial charge >= 0.3 is 5.97 Å². The molecule has 0 amide bonds. The van der Waals surface area contributed by atoms with Gasteiger partial charge in [-0.25, -0.2) is 0 Å². The van der Waals surface area contributed by atoms with Gasteiger partial charge in [0.2, 0.25) is 11.5 Å². The van der Waals surface area contributed by atoms with Crippen molar-refractivity contribution in [1.82, 2.24) is 0 Å². The first kappa shape index (κ1) is 29.6. The fraction of sp³-hybridized carbons (Fsp3) is 0.333. The first-order valence-electron chi connectivity index (χ1n) is 12.0. The molecule has 0 aliphatic heterocycles. The van der Waals surface area contributed by atoms with Gasteiger partial charge in [0.1, 0.15) is 0 Å². The zero-order valence-electron chi connectivity index (χ0n) is 23.9. The lowest BCUT2D eigenvalue weighted by Crippen LogP contribution is -2.38. The van der Waals surface area contributed by atoms with Crippen molar-refractivity contribution >= 4 is 11.1 Å². The largest absolute Gasteiger partial charge is 0.493 e. The quantitative estimate of drug-likeness (QED) is 0.212. The average Bonchev–Trinajstić information content (AvgIpc) is 3.00. The van der Waals surface area contributed by atoms with E-state index in [2.05, 4.69) is 0 Å². The van der Waals surface area contributed by atoms with Crippen LogP contribution < -0.4 is 28.4 Å². The van der Waals surface area contributed by atoms with Crippen LogP contribution in [-0.4, -0.2) is 70.0 Å². The van der Waals surface area contributed by atoms with Crippen molar-refractivity contribution < 1.29 is 42.6 Å². The van der Waals surface area contributed by atoms with Crippen LogP contribution in [0.25, 0.3) is 11.1 Å². The molecule has 0 fully saturated rings. The SMILES string of the molecule is COc1ccc(C(=C(c2ccccc2)C(OC)(OC)OC)c2ccc(OC)c(OC)c2OC)c(OC)c1OC. The molecule has 0 radical (unpaired) electrons. The van der Waals surface area contributed by atoms with E-state index in [4.69, 9.17) is 42.6 Å². The van der Waals surface area contributed by atoms with E-state index in [0.29, 0.717) is 56.8 Å². The molecule has 9 heteroatoms. The molecule has 0 heterocycles. The van der Waals surface area contributed by atoms with Gasteiger partial charge in [-0.3, -0.25) is 0 Å². The van der Waals surface area contributed by atoms with Gasteiger partial charge in [-0.05, 0) is 29.8 Å². The van der Waals surface area contributed by atoms with E-state index in [9.17, 15) is 0 Å². The molecule has 0 N–H and O–H groups in total. The highest BCUT2D eigenvalue weighted by atomic mass is 16.9. The lowest BCUT2D eigenvalue weighted by molar-refractivity contribution is -0.310. The lowest BCUT2D eigenvalue weighted by atomic mass is 9.86. The minimum atomic E-state index is -1.65. The van der Waals surface area contributed by atoms with Gasteiger partial charge in [0, 0.05) is 38.0 Å². The third-order valence-corrected chi connectivity index (χ3v) is 6.37. The summed E-state index contributed by atoms with van der Waals surface area (Å²) in [6.07, 6.45) is 0. The Balaban J connectivity index is 2.70. The Morgan fingerprint density at radius 3 is 1.21 bits per heavy atom. The predicted molar refractivity (Wildman–Crippen MR) is 148 cm³/mol. The first-order chi connectivity index (χ1) is 18.9. The van der Waals surface area contributed by atoms with Crippen molar-refractivity contribution in [2.45, 2.75) is 5.97 Å². The Bertz CT molecular complexity index is 1210. The van der Waals surface area contributed by atoms with E-state index >= 15 is 0 Å². The molecule has 0 aliphatic rings. The van der Waals surface area contributed by atoms with Gasteiger partial charge in [0.25, 0.3) is 0 Å². The highest BCUT2D eigenvalue weighted by Gasteiger charge is 2.41. The maximum absolute atomic E-state index is 5.93. The molecule has 0 unspecified atom stereocenters. The second-order valence-corrected chi connectivity index (χ2v) is 8.05. The molecule has 0 aliphatic carbocycles. The Hall–Kier alpha value is -3.92. The standard InChI is InChI=1S/C30H36O9/c1-31-22-17-15-20(26(33-3)28(22)35-5)24(21-16-18-23(32-2)29(36-6)27(21)34-4)25(19-13-11-10-12-14-19)30(37-7,38-8)39-9/h10-18H,1-9H3. The number of benzene rings is 3. The number of hydrogen-bond donors (Lipinski definition) is 0. The molecule has 0 atom stereocenters. The van der Waals surface area contributed by atoms with Crippen LogP contribution >= 0.6 is 0 Å². The third-order valence-electron chi connectivity index (χ3n) is 6.37. The van der Waals surface area contributed by atoms with Crippen LogP contribution in [0.2, 0.25) is 0 Å².